The average Bonchev–Trinajstić information content (AvgIpc) is 3.23. The van der Waals surface area contributed by atoms with Crippen molar-refractivity contribution in [1.82, 2.24) is 14.6 Å². The smallest absolute Gasteiger partial charge is 0.276 e. The maximum Gasteiger partial charge on any atom is 0.276 e. The molecule has 0 bridgehead atoms. The number of ether oxygens (including phenoxy) is 2. The summed E-state index contributed by atoms with van der Waals surface area (Å²) in [5.74, 6) is 1.62. The molecule has 2 aromatic carbocycles. The van der Waals surface area contributed by atoms with Gasteiger partial charge >= 0.3 is 0 Å². The van der Waals surface area contributed by atoms with Gasteiger partial charge in [-0.3, -0.25) is 4.79 Å². The van der Waals surface area contributed by atoms with Crippen LogP contribution in [0.1, 0.15) is 5.56 Å². The molecule has 4 aromatic rings. The van der Waals surface area contributed by atoms with Crippen molar-refractivity contribution in [1.29, 1.82) is 0 Å². The number of thiazole rings is 1. The largest absolute Gasteiger partial charge is 0.493 e. The molecule has 2 heterocycles. The standard InChI is InChI=1S/C19H14ClN3O3S/c1-25-14-8-5-12(10-15(14)26-2)17-21-22-19-23(17)18(24)16(27-19)9-11-3-6-13(20)7-4-11/h3-10H,1-2H3/b16-9-. The number of hydrogen-bond acceptors (Lipinski definition) is 6. The molecule has 0 amide bonds. The average molecular weight is 400 g/mol. The monoisotopic (exact) mass is 399 g/mol. The second-order valence-electron chi connectivity index (χ2n) is 5.68. The number of aromatic nitrogens is 3. The first-order valence-corrected chi connectivity index (χ1v) is 9.18. The van der Waals surface area contributed by atoms with Crippen LogP contribution in [-0.4, -0.2) is 28.8 Å². The second kappa shape index (κ2) is 7.02. The molecular formula is C19H14ClN3O3S. The van der Waals surface area contributed by atoms with E-state index < -0.39 is 0 Å². The number of benzene rings is 2. The number of nitrogens with zero attached hydrogens (tertiary/aromatic N) is 3. The number of hydrogen-bond donors (Lipinski definition) is 0. The Morgan fingerprint density at radius 3 is 2.48 bits per heavy atom. The fourth-order valence-electron chi connectivity index (χ4n) is 2.74. The first-order valence-electron chi connectivity index (χ1n) is 7.98. The normalized spacial score (nSPS) is 11.9. The van der Waals surface area contributed by atoms with E-state index >= 15 is 0 Å². The minimum Gasteiger partial charge on any atom is -0.493 e. The van der Waals surface area contributed by atoms with Crippen LogP contribution < -0.4 is 19.6 Å². The SMILES string of the molecule is COc1ccc(-c2nnc3s/c(=C\c4ccc(Cl)cc4)c(=O)n23)cc1OC. The van der Waals surface area contributed by atoms with Gasteiger partial charge in [0.25, 0.3) is 5.56 Å². The Hall–Kier alpha value is -2.90. The van der Waals surface area contributed by atoms with E-state index in [9.17, 15) is 4.79 Å². The molecule has 0 saturated heterocycles. The van der Waals surface area contributed by atoms with Gasteiger partial charge in [0.2, 0.25) is 4.96 Å². The van der Waals surface area contributed by atoms with E-state index in [1.54, 1.807) is 38.5 Å². The first-order chi connectivity index (χ1) is 13.1. The molecule has 0 aliphatic heterocycles. The fraction of sp³-hybridized carbons (Fsp3) is 0.105. The van der Waals surface area contributed by atoms with Gasteiger partial charge in [0, 0.05) is 10.6 Å². The van der Waals surface area contributed by atoms with Gasteiger partial charge in [0.05, 0.1) is 18.8 Å². The van der Waals surface area contributed by atoms with E-state index in [1.807, 2.05) is 24.3 Å². The molecule has 0 atom stereocenters. The Morgan fingerprint density at radius 2 is 1.78 bits per heavy atom. The van der Waals surface area contributed by atoms with Crippen molar-refractivity contribution in [2.24, 2.45) is 0 Å². The lowest BCUT2D eigenvalue weighted by molar-refractivity contribution is 0.355. The quantitative estimate of drug-likeness (QED) is 0.527. The van der Waals surface area contributed by atoms with E-state index in [-0.39, 0.29) is 5.56 Å². The van der Waals surface area contributed by atoms with Crippen molar-refractivity contribution in [2.75, 3.05) is 14.2 Å². The van der Waals surface area contributed by atoms with Crippen LogP contribution in [-0.2, 0) is 0 Å². The summed E-state index contributed by atoms with van der Waals surface area (Å²) in [5, 5.41) is 8.97. The molecule has 0 saturated carbocycles. The molecule has 0 spiro atoms. The lowest BCUT2D eigenvalue weighted by Gasteiger charge is -2.08. The van der Waals surface area contributed by atoms with E-state index in [4.69, 9.17) is 21.1 Å². The predicted molar refractivity (Wildman–Crippen MR) is 106 cm³/mol. The zero-order chi connectivity index (χ0) is 19.0. The van der Waals surface area contributed by atoms with Crippen LogP contribution >= 0.6 is 22.9 Å². The highest BCUT2D eigenvalue weighted by molar-refractivity contribution is 7.15. The Balaban J connectivity index is 1.86. The second-order valence-corrected chi connectivity index (χ2v) is 7.12. The number of rotatable bonds is 4. The summed E-state index contributed by atoms with van der Waals surface area (Å²) in [6.07, 6.45) is 1.82. The third kappa shape index (κ3) is 3.15. The molecule has 0 fully saturated rings. The summed E-state index contributed by atoms with van der Waals surface area (Å²) in [7, 11) is 3.13. The van der Waals surface area contributed by atoms with Crippen molar-refractivity contribution in [3.05, 3.63) is 67.9 Å². The topological polar surface area (TPSA) is 65.7 Å². The van der Waals surface area contributed by atoms with Crippen LogP contribution in [0.4, 0.5) is 0 Å². The summed E-state index contributed by atoms with van der Waals surface area (Å²) >= 11 is 7.20. The highest BCUT2D eigenvalue weighted by atomic mass is 35.5. The van der Waals surface area contributed by atoms with Crippen molar-refractivity contribution in [3.63, 3.8) is 0 Å². The van der Waals surface area contributed by atoms with E-state index in [0.29, 0.717) is 37.4 Å². The zero-order valence-electron chi connectivity index (χ0n) is 14.5. The van der Waals surface area contributed by atoms with Gasteiger partial charge in [-0.2, -0.15) is 0 Å². The Labute approximate surface area is 163 Å². The number of halogens is 1. The summed E-state index contributed by atoms with van der Waals surface area (Å²) in [6.45, 7) is 0. The van der Waals surface area contributed by atoms with Crippen LogP contribution in [0.2, 0.25) is 5.02 Å². The van der Waals surface area contributed by atoms with Gasteiger partial charge in [-0.05, 0) is 42.0 Å². The Kier molecular flexibility index (Phi) is 4.55. The van der Waals surface area contributed by atoms with E-state index in [2.05, 4.69) is 10.2 Å². The molecule has 8 heteroatoms. The third-order valence-corrected chi connectivity index (χ3v) is 5.27. The fourth-order valence-corrected chi connectivity index (χ4v) is 3.77. The van der Waals surface area contributed by atoms with Crippen molar-refractivity contribution < 1.29 is 9.47 Å². The van der Waals surface area contributed by atoms with Crippen molar-refractivity contribution in [3.8, 4) is 22.9 Å². The number of fused-ring (bicyclic) bond motifs is 1. The summed E-state index contributed by atoms with van der Waals surface area (Å²) in [5.41, 5.74) is 1.44. The van der Waals surface area contributed by atoms with Crippen LogP contribution in [0.3, 0.4) is 0 Å². The minimum absolute atomic E-state index is 0.167. The maximum absolute atomic E-state index is 12.9. The van der Waals surface area contributed by atoms with Crippen LogP contribution in [0.15, 0.2) is 47.3 Å². The van der Waals surface area contributed by atoms with Gasteiger partial charge in [0.15, 0.2) is 17.3 Å². The molecule has 2 aromatic heterocycles. The Bertz CT molecular complexity index is 1230. The van der Waals surface area contributed by atoms with Gasteiger partial charge in [-0.25, -0.2) is 4.40 Å². The first kappa shape index (κ1) is 17.5. The number of methoxy groups -OCH3 is 2. The predicted octanol–water partition coefficient (Wildman–Crippen LogP) is 3.04. The van der Waals surface area contributed by atoms with Gasteiger partial charge in [-0.1, -0.05) is 35.1 Å². The van der Waals surface area contributed by atoms with Crippen molar-refractivity contribution in [2.45, 2.75) is 0 Å². The molecular weight excluding hydrogens is 386 g/mol. The zero-order valence-corrected chi connectivity index (χ0v) is 16.0. The minimum atomic E-state index is -0.167. The van der Waals surface area contributed by atoms with Crippen LogP contribution in [0, 0.1) is 0 Å². The summed E-state index contributed by atoms with van der Waals surface area (Å²) in [4.78, 5) is 13.4. The van der Waals surface area contributed by atoms with Crippen molar-refractivity contribution >= 4 is 34.0 Å². The molecule has 6 nitrogen and oxygen atoms in total. The lowest BCUT2D eigenvalue weighted by atomic mass is 10.2. The molecule has 0 aliphatic rings. The van der Waals surface area contributed by atoms with Gasteiger partial charge in [-0.15, -0.1) is 10.2 Å². The molecule has 136 valence electrons. The molecule has 0 aliphatic carbocycles. The maximum atomic E-state index is 12.9. The van der Waals surface area contributed by atoms with E-state index in [1.165, 1.54) is 15.7 Å². The molecule has 27 heavy (non-hydrogen) atoms. The molecule has 4 rings (SSSR count). The van der Waals surface area contributed by atoms with Gasteiger partial charge in [0.1, 0.15) is 0 Å². The van der Waals surface area contributed by atoms with Crippen LogP contribution in [0.25, 0.3) is 22.4 Å². The van der Waals surface area contributed by atoms with Crippen LogP contribution in [0.5, 0.6) is 11.5 Å². The summed E-state index contributed by atoms with van der Waals surface area (Å²) in [6, 6.07) is 12.6. The lowest BCUT2D eigenvalue weighted by Crippen LogP contribution is -2.23. The highest BCUT2D eigenvalue weighted by Gasteiger charge is 2.16. The third-order valence-electron chi connectivity index (χ3n) is 4.06. The van der Waals surface area contributed by atoms with Gasteiger partial charge < -0.3 is 9.47 Å². The molecule has 0 unspecified atom stereocenters. The van der Waals surface area contributed by atoms with E-state index in [0.717, 1.165) is 5.56 Å². The highest BCUT2D eigenvalue weighted by Crippen LogP contribution is 2.31. The Morgan fingerprint density at radius 1 is 1.04 bits per heavy atom. The summed E-state index contributed by atoms with van der Waals surface area (Å²) < 4.78 is 12.7. The molecule has 0 radical (unpaired) electrons. The molecule has 0 N–H and O–H groups in total.